The largest absolute Gasteiger partial charge is 0.493 e. The molecular weight excluding hydrogens is 254 g/mol. The second-order valence-corrected chi connectivity index (χ2v) is 5.26. The molecule has 1 rings (SSSR count). The lowest BCUT2D eigenvalue weighted by atomic mass is 9.97. The Balaban J connectivity index is 2.50. The molecule has 0 spiro atoms. The van der Waals surface area contributed by atoms with Crippen LogP contribution < -0.4 is 14.8 Å². The van der Waals surface area contributed by atoms with Crippen LogP contribution in [0.5, 0.6) is 11.5 Å². The summed E-state index contributed by atoms with van der Waals surface area (Å²) in [5.74, 6) is 1.56. The number of ether oxygens (including phenoxy) is 2. The molecule has 1 aromatic carbocycles. The van der Waals surface area contributed by atoms with Crippen molar-refractivity contribution in [1.82, 2.24) is 5.32 Å². The van der Waals surface area contributed by atoms with Crippen molar-refractivity contribution >= 4 is 0 Å². The zero-order valence-electron chi connectivity index (χ0n) is 13.0. The Hall–Kier alpha value is -1.26. The quantitative estimate of drug-likeness (QED) is 0.682. The molecule has 114 valence electrons. The van der Waals surface area contributed by atoms with Crippen LogP contribution in [-0.4, -0.2) is 38.0 Å². The van der Waals surface area contributed by atoms with E-state index in [-0.39, 0.29) is 12.1 Å². The summed E-state index contributed by atoms with van der Waals surface area (Å²) in [5.41, 5.74) is 0.997. The van der Waals surface area contributed by atoms with Crippen molar-refractivity contribution in [2.75, 3.05) is 27.4 Å². The van der Waals surface area contributed by atoms with Crippen molar-refractivity contribution in [2.45, 2.75) is 38.6 Å². The van der Waals surface area contributed by atoms with Gasteiger partial charge in [0.25, 0.3) is 0 Å². The third-order valence-electron chi connectivity index (χ3n) is 3.72. The van der Waals surface area contributed by atoms with Crippen LogP contribution in [0.1, 0.15) is 32.3 Å². The number of hydrogen-bond acceptors (Lipinski definition) is 4. The van der Waals surface area contributed by atoms with E-state index in [1.54, 1.807) is 7.11 Å². The smallest absolute Gasteiger partial charge is 0.161 e. The zero-order chi connectivity index (χ0) is 15.0. The van der Waals surface area contributed by atoms with Gasteiger partial charge in [0.05, 0.1) is 20.3 Å². The van der Waals surface area contributed by atoms with Gasteiger partial charge in [-0.3, -0.25) is 0 Å². The summed E-state index contributed by atoms with van der Waals surface area (Å²) in [5, 5.41) is 12.5. The molecule has 0 aromatic heterocycles. The van der Waals surface area contributed by atoms with Gasteiger partial charge in [0, 0.05) is 5.54 Å². The predicted molar refractivity (Wildman–Crippen MR) is 81.7 cm³/mol. The van der Waals surface area contributed by atoms with Crippen LogP contribution in [0.15, 0.2) is 18.2 Å². The van der Waals surface area contributed by atoms with Gasteiger partial charge in [-0.05, 0) is 50.9 Å². The van der Waals surface area contributed by atoms with Crippen LogP contribution in [0.4, 0.5) is 0 Å². The first kappa shape index (κ1) is 16.8. The molecule has 0 saturated carbocycles. The van der Waals surface area contributed by atoms with E-state index in [1.807, 2.05) is 26.1 Å². The molecule has 0 amide bonds. The van der Waals surface area contributed by atoms with Gasteiger partial charge in [0.1, 0.15) is 0 Å². The number of methoxy groups -OCH3 is 1. The third kappa shape index (κ3) is 4.69. The minimum atomic E-state index is -0.237. The van der Waals surface area contributed by atoms with Crippen LogP contribution in [0.2, 0.25) is 0 Å². The van der Waals surface area contributed by atoms with Crippen LogP contribution >= 0.6 is 0 Å². The zero-order valence-corrected chi connectivity index (χ0v) is 13.0. The van der Waals surface area contributed by atoms with E-state index in [4.69, 9.17) is 9.47 Å². The summed E-state index contributed by atoms with van der Waals surface area (Å²) in [7, 11) is 3.52. The highest BCUT2D eigenvalue weighted by Gasteiger charge is 2.19. The van der Waals surface area contributed by atoms with Gasteiger partial charge in [-0.2, -0.15) is 0 Å². The van der Waals surface area contributed by atoms with Gasteiger partial charge in [-0.15, -0.1) is 0 Å². The fourth-order valence-electron chi connectivity index (χ4n) is 1.98. The topological polar surface area (TPSA) is 50.7 Å². The number of aliphatic hydroxyl groups is 1. The fraction of sp³-hybridized carbons (Fsp3) is 0.625. The molecular formula is C16H27NO3. The monoisotopic (exact) mass is 281 g/mol. The summed E-state index contributed by atoms with van der Waals surface area (Å²) in [6, 6.07) is 6.03. The summed E-state index contributed by atoms with van der Waals surface area (Å²) < 4.78 is 11.1. The molecule has 0 fully saturated rings. The predicted octanol–water partition coefficient (Wildman–Crippen LogP) is 2.39. The lowest BCUT2D eigenvalue weighted by Gasteiger charge is -2.26. The minimum Gasteiger partial charge on any atom is -0.493 e. The first-order chi connectivity index (χ1) is 9.58. The molecule has 2 N–H and O–H groups in total. The summed E-state index contributed by atoms with van der Waals surface area (Å²) in [6.07, 6.45) is 2.71. The number of aliphatic hydroxyl groups excluding tert-OH is 1. The standard InChI is InChI=1S/C16H27NO3/c1-5-13-7-8-14(15(11-13)19-4)20-10-6-9-16(2,12-18)17-3/h7-8,11,17-18H,5-6,9-10,12H2,1-4H3. The summed E-state index contributed by atoms with van der Waals surface area (Å²) in [6.45, 7) is 4.85. The van der Waals surface area contributed by atoms with Crippen molar-refractivity contribution in [3.8, 4) is 11.5 Å². The molecule has 20 heavy (non-hydrogen) atoms. The molecule has 4 heteroatoms. The number of nitrogens with one attached hydrogen (secondary N) is 1. The molecule has 1 atom stereocenters. The molecule has 0 saturated heterocycles. The normalized spacial score (nSPS) is 13.8. The highest BCUT2D eigenvalue weighted by molar-refractivity contribution is 5.42. The van der Waals surface area contributed by atoms with Gasteiger partial charge >= 0.3 is 0 Å². The maximum Gasteiger partial charge on any atom is 0.161 e. The summed E-state index contributed by atoms with van der Waals surface area (Å²) >= 11 is 0. The average Bonchev–Trinajstić information content (AvgIpc) is 2.51. The van der Waals surface area contributed by atoms with Crippen molar-refractivity contribution in [2.24, 2.45) is 0 Å². The molecule has 0 aliphatic rings. The maximum atomic E-state index is 9.32. The first-order valence-corrected chi connectivity index (χ1v) is 7.18. The third-order valence-corrected chi connectivity index (χ3v) is 3.72. The van der Waals surface area contributed by atoms with E-state index in [0.29, 0.717) is 6.61 Å². The number of likely N-dealkylation sites (N-methyl/N-ethyl adjacent to an activating group) is 1. The number of aryl methyl sites for hydroxylation is 1. The molecule has 0 aliphatic heterocycles. The Labute approximate surface area is 122 Å². The van der Waals surface area contributed by atoms with Crippen LogP contribution in [0.25, 0.3) is 0 Å². The Bertz CT molecular complexity index is 403. The Kier molecular flexibility index (Phi) is 6.82. The first-order valence-electron chi connectivity index (χ1n) is 7.18. The second kappa shape index (κ2) is 8.12. The molecule has 0 bridgehead atoms. The molecule has 0 heterocycles. The van der Waals surface area contributed by atoms with Crippen molar-refractivity contribution < 1.29 is 14.6 Å². The Morgan fingerprint density at radius 1 is 1.30 bits per heavy atom. The van der Waals surface area contributed by atoms with Crippen molar-refractivity contribution in [1.29, 1.82) is 0 Å². The van der Waals surface area contributed by atoms with E-state index < -0.39 is 0 Å². The highest BCUT2D eigenvalue weighted by atomic mass is 16.5. The van der Waals surface area contributed by atoms with Crippen LogP contribution in [-0.2, 0) is 6.42 Å². The Morgan fingerprint density at radius 2 is 2.05 bits per heavy atom. The van der Waals surface area contributed by atoms with E-state index in [2.05, 4.69) is 18.3 Å². The van der Waals surface area contributed by atoms with E-state index in [1.165, 1.54) is 5.56 Å². The number of benzene rings is 1. The molecule has 4 nitrogen and oxygen atoms in total. The van der Waals surface area contributed by atoms with Gasteiger partial charge in [-0.1, -0.05) is 13.0 Å². The Morgan fingerprint density at radius 3 is 2.60 bits per heavy atom. The molecule has 0 aliphatic carbocycles. The average molecular weight is 281 g/mol. The SMILES string of the molecule is CCc1ccc(OCCCC(C)(CO)NC)c(OC)c1. The van der Waals surface area contributed by atoms with Gasteiger partial charge < -0.3 is 19.9 Å². The van der Waals surface area contributed by atoms with Gasteiger partial charge in [-0.25, -0.2) is 0 Å². The van der Waals surface area contributed by atoms with Crippen molar-refractivity contribution in [3.05, 3.63) is 23.8 Å². The summed E-state index contributed by atoms with van der Waals surface area (Å²) in [4.78, 5) is 0. The minimum absolute atomic E-state index is 0.123. The van der Waals surface area contributed by atoms with E-state index in [0.717, 1.165) is 30.8 Å². The van der Waals surface area contributed by atoms with E-state index in [9.17, 15) is 5.11 Å². The van der Waals surface area contributed by atoms with Gasteiger partial charge in [0.15, 0.2) is 11.5 Å². The molecule has 0 radical (unpaired) electrons. The fourth-order valence-corrected chi connectivity index (χ4v) is 1.98. The van der Waals surface area contributed by atoms with Crippen LogP contribution in [0.3, 0.4) is 0 Å². The van der Waals surface area contributed by atoms with Crippen LogP contribution in [0, 0.1) is 0 Å². The highest BCUT2D eigenvalue weighted by Crippen LogP contribution is 2.28. The van der Waals surface area contributed by atoms with Gasteiger partial charge in [0.2, 0.25) is 0 Å². The maximum absolute atomic E-state index is 9.32. The lowest BCUT2D eigenvalue weighted by molar-refractivity contribution is 0.163. The van der Waals surface area contributed by atoms with Crippen molar-refractivity contribution in [3.63, 3.8) is 0 Å². The second-order valence-electron chi connectivity index (χ2n) is 5.26. The number of hydrogen-bond donors (Lipinski definition) is 2. The molecule has 1 aromatic rings. The molecule has 1 unspecified atom stereocenters. The van der Waals surface area contributed by atoms with E-state index >= 15 is 0 Å². The number of rotatable bonds is 9. The lowest BCUT2D eigenvalue weighted by Crippen LogP contribution is -2.43.